The van der Waals surface area contributed by atoms with E-state index in [1.807, 2.05) is 6.07 Å². The Hall–Kier alpha value is -2.78. The zero-order valence-electron chi connectivity index (χ0n) is 19.7. The quantitative estimate of drug-likeness (QED) is 0.367. The van der Waals surface area contributed by atoms with Crippen molar-refractivity contribution in [1.29, 1.82) is 0 Å². The molecule has 0 N–H and O–H groups in total. The summed E-state index contributed by atoms with van der Waals surface area (Å²) in [6.45, 7) is 6.68. The number of benzene rings is 2. The van der Waals surface area contributed by atoms with E-state index in [2.05, 4.69) is 4.98 Å². The highest BCUT2D eigenvalue weighted by atomic mass is 32.1. The largest absolute Gasteiger partial charge is 0.431 e. The van der Waals surface area contributed by atoms with Crippen molar-refractivity contribution >= 4 is 33.1 Å². The average molecular weight is 504 g/mol. The zero-order valence-corrected chi connectivity index (χ0v) is 20.5. The number of thiazole rings is 1. The molecule has 2 fully saturated rings. The first kappa shape index (κ1) is 23.9. The van der Waals surface area contributed by atoms with Crippen molar-refractivity contribution in [1.82, 2.24) is 4.98 Å². The van der Waals surface area contributed by atoms with Gasteiger partial charge in [0.25, 0.3) is 5.19 Å². The van der Waals surface area contributed by atoms with Gasteiger partial charge in [0.1, 0.15) is 22.9 Å². The first-order chi connectivity index (χ1) is 16.3. The van der Waals surface area contributed by atoms with Gasteiger partial charge in [-0.2, -0.15) is 13.2 Å². The molecule has 9 heteroatoms. The third-order valence-electron chi connectivity index (χ3n) is 6.51. The molecule has 0 bridgehead atoms. The van der Waals surface area contributed by atoms with E-state index in [9.17, 15) is 22.8 Å². The van der Waals surface area contributed by atoms with Gasteiger partial charge in [-0.3, -0.25) is 9.59 Å². The third kappa shape index (κ3) is 4.36. The lowest BCUT2D eigenvalue weighted by molar-refractivity contribution is -0.184. The van der Waals surface area contributed by atoms with Crippen LogP contribution in [0.1, 0.15) is 69.1 Å². The number of fused-ring (bicyclic) bond motifs is 1. The second-order valence-corrected chi connectivity index (χ2v) is 11.1. The lowest BCUT2D eigenvalue weighted by Gasteiger charge is -2.43. The van der Waals surface area contributed by atoms with E-state index < -0.39 is 28.9 Å². The Morgan fingerprint density at radius 3 is 2.23 bits per heavy atom. The van der Waals surface area contributed by atoms with Gasteiger partial charge in [-0.15, -0.1) is 0 Å². The number of rotatable bonds is 4. The number of nitrogens with zero attached hydrogens (tertiary/aromatic N) is 1. The van der Waals surface area contributed by atoms with Crippen LogP contribution < -0.4 is 4.74 Å². The summed E-state index contributed by atoms with van der Waals surface area (Å²) in [4.78, 5) is 31.0. The number of hydrogen-bond donors (Lipinski definition) is 0. The highest BCUT2D eigenvalue weighted by Gasteiger charge is 2.54. The normalized spacial score (nSPS) is 20.4. The fraction of sp³-hybridized carbons (Fsp3) is 0.423. The van der Waals surface area contributed by atoms with Crippen molar-refractivity contribution < 1.29 is 32.2 Å². The molecule has 0 atom stereocenters. The molecule has 0 radical (unpaired) electrons. The fourth-order valence-electron chi connectivity index (χ4n) is 4.69. The lowest BCUT2D eigenvalue weighted by atomic mass is 9.73. The number of aromatic nitrogens is 1. The maximum absolute atomic E-state index is 13.4. The summed E-state index contributed by atoms with van der Waals surface area (Å²) in [6.07, 6.45) is -2.49. The summed E-state index contributed by atoms with van der Waals surface area (Å²) >= 11 is 1.00. The van der Waals surface area contributed by atoms with E-state index in [0.29, 0.717) is 21.5 Å². The van der Waals surface area contributed by atoms with Crippen LogP contribution in [0.3, 0.4) is 0 Å². The van der Waals surface area contributed by atoms with Crippen LogP contribution in [-0.4, -0.2) is 27.8 Å². The molecule has 184 valence electrons. The minimum absolute atomic E-state index is 0.176. The van der Waals surface area contributed by atoms with Crippen molar-refractivity contribution in [2.24, 2.45) is 0 Å². The van der Waals surface area contributed by atoms with Crippen LogP contribution in [0.2, 0.25) is 0 Å². The standard InChI is InChI=1S/C26H24F3NO4S/c1-24(2)21(31)20(22(32)25(3,4)34-24)17-12-15(8-9-16(17)13-5-6-13)33-23-30-18-10-7-14(26(27,28)29)11-19(18)35-23/h7-13,20H,5-6H2,1-4H3. The van der Waals surface area contributed by atoms with Gasteiger partial charge < -0.3 is 9.47 Å². The summed E-state index contributed by atoms with van der Waals surface area (Å²) in [5.41, 5.74) is -1.09. The van der Waals surface area contributed by atoms with E-state index in [1.165, 1.54) is 6.07 Å². The molecule has 0 spiro atoms. The van der Waals surface area contributed by atoms with Crippen molar-refractivity contribution in [2.75, 3.05) is 0 Å². The van der Waals surface area contributed by atoms with Crippen LogP contribution in [0.4, 0.5) is 13.2 Å². The summed E-state index contributed by atoms with van der Waals surface area (Å²) in [5.74, 6) is -0.960. The van der Waals surface area contributed by atoms with Crippen LogP contribution in [0.5, 0.6) is 10.9 Å². The summed E-state index contributed by atoms with van der Waals surface area (Å²) in [6, 6.07) is 8.65. The number of carbonyl (C=O) groups excluding carboxylic acids is 2. The topological polar surface area (TPSA) is 65.5 Å². The van der Waals surface area contributed by atoms with Crippen molar-refractivity contribution in [2.45, 2.75) is 69.8 Å². The highest BCUT2D eigenvalue weighted by Crippen LogP contribution is 2.48. The summed E-state index contributed by atoms with van der Waals surface area (Å²) in [7, 11) is 0. The molecular formula is C26H24F3NO4S. The average Bonchev–Trinajstić information content (AvgIpc) is 3.51. The first-order valence-corrected chi connectivity index (χ1v) is 12.2. The van der Waals surface area contributed by atoms with Gasteiger partial charge in [0, 0.05) is 0 Å². The molecule has 3 aromatic rings. The zero-order chi connectivity index (χ0) is 25.3. The number of ether oxygens (including phenoxy) is 2. The van der Waals surface area contributed by atoms with Crippen LogP contribution in [0.15, 0.2) is 36.4 Å². The minimum atomic E-state index is -4.45. The number of ketones is 2. The molecule has 35 heavy (non-hydrogen) atoms. The Kier molecular flexibility index (Phi) is 5.38. The van der Waals surface area contributed by atoms with E-state index in [1.54, 1.807) is 39.8 Å². The van der Waals surface area contributed by atoms with Crippen molar-refractivity contribution in [3.8, 4) is 10.9 Å². The molecule has 5 nitrogen and oxygen atoms in total. The second-order valence-electron chi connectivity index (χ2n) is 10.1. The molecular weight excluding hydrogens is 479 g/mol. The Morgan fingerprint density at radius 1 is 0.971 bits per heavy atom. The van der Waals surface area contributed by atoms with Gasteiger partial charge in [0.15, 0.2) is 11.6 Å². The van der Waals surface area contributed by atoms with E-state index in [0.717, 1.165) is 41.9 Å². The fourth-order valence-corrected chi connectivity index (χ4v) is 5.57. The van der Waals surface area contributed by atoms with Crippen LogP contribution >= 0.6 is 11.3 Å². The van der Waals surface area contributed by atoms with Gasteiger partial charge in [0.2, 0.25) is 0 Å². The summed E-state index contributed by atoms with van der Waals surface area (Å²) < 4.78 is 51.3. The number of alkyl halides is 3. The number of Topliss-reactive ketones (excluding diaryl/α,β-unsaturated/α-hetero) is 2. The minimum Gasteiger partial charge on any atom is -0.431 e. The van der Waals surface area contributed by atoms with Gasteiger partial charge >= 0.3 is 6.18 Å². The number of hydrogen-bond acceptors (Lipinski definition) is 6. The van der Waals surface area contributed by atoms with E-state index in [4.69, 9.17) is 9.47 Å². The molecule has 1 saturated heterocycles. The van der Waals surface area contributed by atoms with Crippen LogP contribution in [-0.2, 0) is 20.5 Å². The SMILES string of the molecule is CC1(C)OC(C)(C)C(=O)C(c2cc(Oc3nc4ccc(C(F)(F)F)cc4s3)ccc2C2CC2)C1=O. The molecule has 1 aliphatic heterocycles. The van der Waals surface area contributed by atoms with Crippen LogP contribution in [0, 0.1) is 0 Å². The van der Waals surface area contributed by atoms with Gasteiger partial charge in [0.05, 0.1) is 15.8 Å². The first-order valence-electron chi connectivity index (χ1n) is 11.3. The molecule has 2 aliphatic rings. The van der Waals surface area contributed by atoms with Crippen molar-refractivity contribution in [3.05, 3.63) is 53.1 Å². The molecule has 1 saturated carbocycles. The number of halogens is 3. The van der Waals surface area contributed by atoms with Crippen LogP contribution in [0.25, 0.3) is 10.2 Å². The molecule has 1 aliphatic carbocycles. The predicted octanol–water partition coefficient (Wildman–Crippen LogP) is 6.79. The van der Waals surface area contributed by atoms with Gasteiger partial charge in [-0.05, 0) is 87.9 Å². The maximum atomic E-state index is 13.4. The number of carbonyl (C=O) groups is 2. The predicted molar refractivity (Wildman–Crippen MR) is 125 cm³/mol. The van der Waals surface area contributed by atoms with Crippen molar-refractivity contribution in [3.63, 3.8) is 0 Å². The Labute approximate surface area is 204 Å². The molecule has 2 heterocycles. The molecule has 1 aromatic heterocycles. The molecule has 0 unspecified atom stereocenters. The third-order valence-corrected chi connectivity index (χ3v) is 7.41. The molecule has 0 amide bonds. The molecule has 2 aromatic carbocycles. The Balaban J connectivity index is 1.53. The lowest BCUT2D eigenvalue weighted by Crippen LogP contribution is -2.58. The monoisotopic (exact) mass is 503 g/mol. The van der Waals surface area contributed by atoms with E-state index in [-0.39, 0.29) is 22.7 Å². The van der Waals surface area contributed by atoms with Gasteiger partial charge in [-0.25, -0.2) is 4.98 Å². The second kappa shape index (κ2) is 7.86. The van der Waals surface area contributed by atoms with Gasteiger partial charge in [-0.1, -0.05) is 17.4 Å². The summed E-state index contributed by atoms with van der Waals surface area (Å²) in [5, 5.41) is 0.176. The Morgan fingerprint density at radius 2 is 1.63 bits per heavy atom. The Bertz CT molecular complexity index is 1330. The smallest absolute Gasteiger partial charge is 0.416 e. The van der Waals surface area contributed by atoms with E-state index >= 15 is 0 Å². The molecule has 5 rings (SSSR count). The maximum Gasteiger partial charge on any atom is 0.416 e. The highest BCUT2D eigenvalue weighted by molar-refractivity contribution is 7.20.